The summed E-state index contributed by atoms with van der Waals surface area (Å²) in [5, 5.41) is 3.17. The predicted octanol–water partition coefficient (Wildman–Crippen LogP) is 1.48. The molecular weight excluding hydrogens is 222 g/mol. The van der Waals surface area contributed by atoms with E-state index >= 15 is 0 Å². The topological polar surface area (TPSA) is 51.4 Å². The van der Waals surface area contributed by atoms with Crippen molar-refractivity contribution < 1.29 is 4.74 Å². The van der Waals surface area contributed by atoms with Gasteiger partial charge in [0.1, 0.15) is 0 Å². The first-order valence-corrected chi connectivity index (χ1v) is 6.74. The average Bonchev–Trinajstić information content (AvgIpc) is 2.84. The Morgan fingerprint density at radius 1 is 1.50 bits per heavy atom. The lowest BCUT2D eigenvalue weighted by molar-refractivity contribution is 0.0366. The van der Waals surface area contributed by atoms with Gasteiger partial charge >= 0.3 is 0 Å². The Balaban J connectivity index is 1.70. The molecule has 0 atom stereocenters. The molecule has 1 aromatic heterocycles. The van der Waals surface area contributed by atoms with Crippen LogP contribution < -0.4 is 10.6 Å². The Hall–Kier alpha value is -0.650. The highest BCUT2D eigenvalue weighted by Gasteiger charge is 2.20. The molecule has 0 amide bonds. The first kappa shape index (κ1) is 11.8. The van der Waals surface area contributed by atoms with Crippen LogP contribution in [0.1, 0.15) is 19.3 Å². The monoisotopic (exact) mass is 241 g/mol. The van der Waals surface area contributed by atoms with Crippen LogP contribution in [0.15, 0.2) is 11.6 Å². The standard InChI is InChI=1S/C11H19N3OS/c12-4-1-8-15-10-2-6-14(7-3-10)11-13-5-9-16-11/h5,9-10H,1-4,6-8,12H2. The van der Waals surface area contributed by atoms with Crippen LogP contribution in [0.5, 0.6) is 0 Å². The molecule has 1 aliphatic heterocycles. The number of aromatic nitrogens is 1. The third-order valence-corrected chi connectivity index (χ3v) is 3.67. The van der Waals surface area contributed by atoms with E-state index in [-0.39, 0.29) is 0 Å². The summed E-state index contributed by atoms with van der Waals surface area (Å²) in [6.45, 7) is 3.64. The van der Waals surface area contributed by atoms with Crippen molar-refractivity contribution >= 4 is 16.5 Å². The fourth-order valence-corrected chi connectivity index (χ4v) is 2.62. The van der Waals surface area contributed by atoms with Crippen molar-refractivity contribution in [2.45, 2.75) is 25.4 Å². The van der Waals surface area contributed by atoms with E-state index < -0.39 is 0 Å². The van der Waals surface area contributed by atoms with Crippen molar-refractivity contribution in [3.63, 3.8) is 0 Å². The van der Waals surface area contributed by atoms with Crippen molar-refractivity contribution in [3.05, 3.63) is 11.6 Å². The summed E-state index contributed by atoms with van der Waals surface area (Å²) in [5.41, 5.74) is 5.44. The SMILES string of the molecule is NCCCOC1CCN(c2nccs2)CC1. The Bertz CT molecular complexity index is 283. The number of anilines is 1. The zero-order valence-corrected chi connectivity index (χ0v) is 10.3. The molecule has 2 heterocycles. The van der Waals surface area contributed by atoms with Crippen LogP contribution in [0.3, 0.4) is 0 Å². The van der Waals surface area contributed by atoms with Crippen LogP contribution in [-0.4, -0.2) is 37.3 Å². The highest BCUT2D eigenvalue weighted by molar-refractivity contribution is 7.13. The number of thiazole rings is 1. The normalized spacial score (nSPS) is 17.9. The molecule has 0 aromatic carbocycles. The summed E-state index contributed by atoms with van der Waals surface area (Å²) in [7, 11) is 0. The van der Waals surface area contributed by atoms with Gasteiger partial charge in [0.2, 0.25) is 0 Å². The van der Waals surface area contributed by atoms with Crippen molar-refractivity contribution in [3.8, 4) is 0 Å². The van der Waals surface area contributed by atoms with Gasteiger partial charge in [0, 0.05) is 31.3 Å². The third kappa shape index (κ3) is 3.17. The lowest BCUT2D eigenvalue weighted by Gasteiger charge is -2.31. The van der Waals surface area contributed by atoms with E-state index in [1.54, 1.807) is 11.3 Å². The lowest BCUT2D eigenvalue weighted by Crippen LogP contribution is -2.37. The Kier molecular flexibility index (Phi) is 4.56. The van der Waals surface area contributed by atoms with E-state index in [1.165, 1.54) is 0 Å². The molecule has 2 N–H and O–H groups in total. The number of ether oxygens (including phenoxy) is 1. The van der Waals surface area contributed by atoms with Gasteiger partial charge in [-0.1, -0.05) is 0 Å². The van der Waals surface area contributed by atoms with Crippen molar-refractivity contribution in [1.29, 1.82) is 0 Å². The van der Waals surface area contributed by atoms with E-state index in [0.717, 1.165) is 50.6 Å². The smallest absolute Gasteiger partial charge is 0.185 e. The van der Waals surface area contributed by atoms with Crippen LogP contribution in [-0.2, 0) is 4.74 Å². The minimum absolute atomic E-state index is 0.419. The Labute approximate surface area is 100 Å². The molecule has 0 radical (unpaired) electrons. The predicted molar refractivity (Wildman–Crippen MR) is 67.0 cm³/mol. The van der Waals surface area contributed by atoms with Crippen LogP contribution in [0.25, 0.3) is 0 Å². The number of rotatable bonds is 5. The van der Waals surface area contributed by atoms with Gasteiger partial charge in [0.15, 0.2) is 5.13 Å². The number of nitrogens with two attached hydrogens (primary N) is 1. The third-order valence-electron chi connectivity index (χ3n) is 2.83. The van der Waals surface area contributed by atoms with E-state index in [9.17, 15) is 0 Å². The molecule has 16 heavy (non-hydrogen) atoms. The van der Waals surface area contributed by atoms with Gasteiger partial charge in [-0.25, -0.2) is 4.98 Å². The van der Waals surface area contributed by atoms with Gasteiger partial charge in [0.25, 0.3) is 0 Å². The molecular formula is C11H19N3OS. The van der Waals surface area contributed by atoms with E-state index in [4.69, 9.17) is 10.5 Å². The van der Waals surface area contributed by atoms with Gasteiger partial charge in [-0.05, 0) is 25.8 Å². The van der Waals surface area contributed by atoms with Gasteiger partial charge in [-0.2, -0.15) is 0 Å². The number of hydrogen-bond acceptors (Lipinski definition) is 5. The van der Waals surface area contributed by atoms with Gasteiger partial charge < -0.3 is 15.4 Å². The van der Waals surface area contributed by atoms with Crippen LogP contribution in [0.2, 0.25) is 0 Å². The fraction of sp³-hybridized carbons (Fsp3) is 0.727. The Morgan fingerprint density at radius 3 is 2.94 bits per heavy atom. The zero-order chi connectivity index (χ0) is 11.2. The second kappa shape index (κ2) is 6.18. The summed E-state index contributed by atoms with van der Waals surface area (Å²) in [4.78, 5) is 6.67. The first-order chi connectivity index (χ1) is 7.90. The molecule has 0 spiro atoms. The summed E-state index contributed by atoms with van der Waals surface area (Å²) in [6.07, 6.45) is 5.45. The second-order valence-corrected chi connectivity index (χ2v) is 4.89. The number of nitrogens with zero attached hydrogens (tertiary/aromatic N) is 2. The molecule has 0 unspecified atom stereocenters. The molecule has 5 heteroatoms. The van der Waals surface area contributed by atoms with Crippen molar-refractivity contribution in [1.82, 2.24) is 4.98 Å². The minimum Gasteiger partial charge on any atom is -0.378 e. The summed E-state index contributed by atoms with van der Waals surface area (Å²) in [6, 6.07) is 0. The maximum Gasteiger partial charge on any atom is 0.185 e. The molecule has 1 fully saturated rings. The molecule has 1 saturated heterocycles. The molecule has 4 nitrogen and oxygen atoms in total. The number of piperidine rings is 1. The summed E-state index contributed by atoms with van der Waals surface area (Å²) < 4.78 is 5.77. The molecule has 2 rings (SSSR count). The van der Waals surface area contributed by atoms with Crippen molar-refractivity contribution in [2.75, 3.05) is 31.1 Å². The largest absolute Gasteiger partial charge is 0.378 e. The molecule has 90 valence electrons. The summed E-state index contributed by atoms with van der Waals surface area (Å²) >= 11 is 1.71. The van der Waals surface area contributed by atoms with Crippen molar-refractivity contribution in [2.24, 2.45) is 5.73 Å². The van der Waals surface area contributed by atoms with Crippen LogP contribution >= 0.6 is 11.3 Å². The van der Waals surface area contributed by atoms with Gasteiger partial charge in [-0.15, -0.1) is 11.3 Å². The second-order valence-electron chi connectivity index (χ2n) is 4.01. The molecule has 1 aliphatic rings. The summed E-state index contributed by atoms with van der Waals surface area (Å²) in [5.74, 6) is 0. The van der Waals surface area contributed by atoms with E-state index in [0.29, 0.717) is 6.10 Å². The van der Waals surface area contributed by atoms with Gasteiger partial charge in [-0.3, -0.25) is 0 Å². The lowest BCUT2D eigenvalue weighted by atomic mass is 10.1. The molecule has 0 saturated carbocycles. The quantitative estimate of drug-likeness (QED) is 0.793. The highest BCUT2D eigenvalue weighted by Crippen LogP contribution is 2.23. The minimum atomic E-state index is 0.419. The van der Waals surface area contributed by atoms with E-state index in [2.05, 4.69) is 9.88 Å². The molecule has 0 aliphatic carbocycles. The highest BCUT2D eigenvalue weighted by atomic mass is 32.1. The maximum absolute atomic E-state index is 5.77. The van der Waals surface area contributed by atoms with Crippen LogP contribution in [0.4, 0.5) is 5.13 Å². The maximum atomic E-state index is 5.77. The van der Waals surface area contributed by atoms with Gasteiger partial charge in [0.05, 0.1) is 6.10 Å². The van der Waals surface area contributed by atoms with Crippen LogP contribution in [0, 0.1) is 0 Å². The molecule has 0 bridgehead atoms. The zero-order valence-electron chi connectivity index (χ0n) is 9.47. The number of hydrogen-bond donors (Lipinski definition) is 1. The fourth-order valence-electron chi connectivity index (χ4n) is 1.92. The Morgan fingerprint density at radius 2 is 2.31 bits per heavy atom. The average molecular weight is 241 g/mol. The van der Waals surface area contributed by atoms with E-state index in [1.807, 2.05) is 11.6 Å². The first-order valence-electron chi connectivity index (χ1n) is 5.86. The molecule has 1 aromatic rings.